The number of methoxy groups -OCH3 is 1. The van der Waals surface area contributed by atoms with E-state index < -0.39 is 17.4 Å². The van der Waals surface area contributed by atoms with Crippen molar-refractivity contribution in [3.63, 3.8) is 0 Å². The van der Waals surface area contributed by atoms with Crippen LogP contribution in [0, 0.1) is 11.6 Å². The predicted molar refractivity (Wildman–Crippen MR) is 244 cm³/mol. The molecule has 1 saturated heterocycles. The molecule has 1 fully saturated rings. The van der Waals surface area contributed by atoms with Crippen molar-refractivity contribution >= 4 is 22.4 Å². The van der Waals surface area contributed by atoms with E-state index in [1.807, 2.05) is 165 Å². The Morgan fingerprint density at radius 1 is 0.629 bits per heavy atom. The fourth-order valence-electron chi connectivity index (χ4n) is 7.04. The van der Waals surface area contributed by atoms with Gasteiger partial charge in [-0.05, 0) is 64.2 Å². The first-order valence-electron chi connectivity index (χ1n) is 20.7. The van der Waals surface area contributed by atoms with Gasteiger partial charge < -0.3 is 29.2 Å². The second kappa shape index (κ2) is 26.1. The summed E-state index contributed by atoms with van der Waals surface area (Å²) in [6, 6.07) is 53.6. The summed E-state index contributed by atoms with van der Waals surface area (Å²) in [7, 11) is 1.24. The molecule has 3 atom stereocenters. The van der Waals surface area contributed by atoms with Crippen LogP contribution < -0.4 is 4.74 Å². The molecule has 7 aromatic rings. The van der Waals surface area contributed by atoms with Crippen LogP contribution in [0.4, 0.5) is 8.78 Å². The largest absolute Gasteiger partial charge is 0.491 e. The number of hydrogen-bond acceptors (Lipinski definition) is 6. The zero-order valence-electron chi connectivity index (χ0n) is 35.2. The lowest BCUT2D eigenvalue weighted by Crippen LogP contribution is -2.36. The van der Waals surface area contributed by atoms with Crippen LogP contribution in [0.2, 0.25) is 5.02 Å². The Balaban J connectivity index is 0.000000264. The molecule has 7 aromatic carbocycles. The molecule has 0 spiro atoms. The summed E-state index contributed by atoms with van der Waals surface area (Å²) in [6.07, 6.45) is 1.26. The number of fused-ring (bicyclic) bond motifs is 1. The van der Waals surface area contributed by atoms with Crippen molar-refractivity contribution in [2.24, 2.45) is 0 Å². The van der Waals surface area contributed by atoms with E-state index in [0.717, 1.165) is 45.0 Å². The molecular formula is C53H55ClF2O6. The summed E-state index contributed by atoms with van der Waals surface area (Å²) < 4.78 is 52.5. The number of halogens is 3. The average molecular weight is 861 g/mol. The number of aliphatic hydroxyl groups is 2. The van der Waals surface area contributed by atoms with Gasteiger partial charge in [0.25, 0.3) is 0 Å². The van der Waals surface area contributed by atoms with Crippen molar-refractivity contribution in [2.45, 2.75) is 64.3 Å². The Morgan fingerprint density at radius 2 is 1.11 bits per heavy atom. The molecule has 0 saturated carbocycles. The fraction of sp³-hybridized carbons (Fsp3) is 0.245. The highest BCUT2D eigenvalue weighted by molar-refractivity contribution is 6.36. The minimum atomic E-state index is -0.747. The third kappa shape index (κ3) is 14.9. The van der Waals surface area contributed by atoms with Crippen molar-refractivity contribution < 1.29 is 37.9 Å². The van der Waals surface area contributed by atoms with Gasteiger partial charge in [-0.2, -0.15) is 0 Å². The fourth-order valence-corrected chi connectivity index (χ4v) is 7.32. The topological polar surface area (TPSA) is 77.4 Å². The number of aliphatic hydroxyl groups excluding tert-OH is 2. The molecule has 8 rings (SSSR count). The molecular weight excluding hydrogens is 806 g/mol. The summed E-state index contributed by atoms with van der Waals surface area (Å²) >= 11 is 6.88. The van der Waals surface area contributed by atoms with E-state index >= 15 is 0 Å². The Morgan fingerprint density at radius 3 is 1.60 bits per heavy atom. The number of hydrogen-bond donors (Lipinski definition) is 2. The monoisotopic (exact) mass is 860 g/mol. The SMILES string of the molecule is CCOC1CC(COCc2ccccc2)OC(c2cc(Cc3cc(F)c(OC)c(F)c3)c(Cl)c3ccccc23)C1.OCc1ccccc1.OCc1ccccc1.c1ccccc1. The van der Waals surface area contributed by atoms with E-state index in [2.05, 4.69) is 0 Å². The number of rotatable bonds is 12. The van der Waals surface area contributed by atoms with Crippen LogP contribution in [0.15, 0.2) is 170 Å². The van der Waals surface area contributed by atoms with Crippen molar-refractivity contribution in [1.82, 2.24) is 0 Å². The third-order valence-corrected chi connectivity index (χ3v) is 10.4. The molecule has 0 amide bonds. The lowest BCUT2D eigenvalue weighted by Gasteiger charge is -2.36. The van der Waals surface area contributed by atoms with Gasteiger partial charge in [-0.25, -0.2) is 8.78 Å². The van der Waals surface area contributed by atoms with Crippen molar-refractivity contribution in [2.75, 3.05) is 20.3 Å². The van der Waals surface area contributed by atoms with Crippen LogP contribution in [-0.2, 0) is 40.5 Å². The normalized spacial score (nSPS) is 15.5. The van der Waals surface area contributed by atoms with Gasteiger partial charge in [0, 0.05) is 24.8 Å². The van der Waals surface area contributed by atoms with E-state index in [-0.39, 0.29) is 37.9 Å². The van der Waals surface area contributed by atoms with Crippen LogP contribution in [0.5, 0.6) is 5.75 Å². The van der Waals surface area contributed by atoms with E-state index in [1.165, 1.54) is 19.2 Å². The van der Waals surface area contributed by atoms with Gasteiger partial charge in [-0.1, -0.05) is 169 Å². The van der Waals surface area contributed by atoms with Crippen LogP contribution in [0.25, 0.3) is 10.8 Å². The summed E-state index contributed by atoms with van der Waals surface area (Å²) in [5, 5.41) is 19.5. The van der Waals surface area contributed by atoms with E-state index in [4.69, 9.17) is 40.8 Å². The first-order chi connectivity index (χ1) is 30.3. The van der Waals surface area contributed by atoms with Gasteiger partial charge >= 0.3 is 0 Å². The molecule has 0 radical (unpaired) electrons. The maximum Gasteiger partial charge on any atom is 0.190 e. The van der Waals surface area contributed by atoms with E-state index in [1.54, 1.807) is 0 Å². The zero-order valence-corrected chi connectivity index (χ0v) is 36.0. The molecule has 0 aromatic heterocycles. The van der Waals surface area contributed by atoms with Crippen LogP contribution in [-0.4, -0.2) is 42.7 Å². The third-order valence-electron chi connectivity index (χ3n) is 9.98. The molecule has 0 bridgehead atoms. The molecule has 1 aliphatic heterocycles. The summed E-state index contributed by atoms with van der Waals surface area (Å²) in [4.78, 5) is 0. The summed E-state index contributed by atoms with van der Waals surface area (Å²) in [5.74, 6) is -1.89. The molecule has 2 N–H and O–H groups in total. The van der Waals surface area contributed by atoms with Crippen LogP contribution >= 0.6 is 11.6 Å². The Kier molecular flexibility index (Phi) is 20.1. The standard InChI is InChI=1S/C33H33ClF2O4.2C7H8O.C6H6/c1-3-39-24-17-25(20-38-19-21-9-5-4-6-10-21)40-31(18-24)28-16-23(32(34)27-12-8-7-11-26(27)28)13-22-14-29(35)33(37-2)30(36)15-22;2*8-6-7-4-2-1-3-5-7;1-2-4-6-5-3-1/h4-12,14-16,24-25,31H,3,13,17-20H2,1-2H3;2*1-5,8H,6H2;1-6H. The summed E-state index contributed by atoms with van der Waals surface area (Å²) in [5.41, 5.74) is 5.24. The maximum absolute atomic E-state index is 14.5. The molecule has 0 aliphatic carbocycles. The van der Waals surface area contributed by atoms with Crippen molar-refractivity contribution in [3.8, 4) is 5.75 Å². The van der Waals surface area contributed by atoms with Gasteiger partial charge in [-0.15, -0.1) is 0 Å². The second-order valence-corrected chi connectivity index (χ2v) is 14.9. The van der Waals surface area contributed by atoms with Crippen LogP contribution in [0.1, 0.15) is 59.3 Å². The van der Waals surface area contributed by atoms with E-state index in [9.17, 15) is 8.78 Å². The predicted octanol–water partition coefficient (Wildman–Crippen LogP) is 12.3. The minimum absolute atomic E-state index is 0.0109. The molecule has 9 heteroatoms. The van der Waals surface area contributed by atoms with Crippen molar-refractivity contribution in [3.05, 3.63) is 220 Å². The second-order valence-electron chi connectivity index (χ2n) is 14.5. The molecule has 6 nitrogen and oxygen atoms in total. The Bertz CT molecular complexity index is 2230. The first kappa shape index (κ1) is 47.6. The molecule has 3 unspecified atom stereocenters. The van der Waals surface area contributed by atoms with Gasteiger partial charge in [0.1, 0.15) is 0 Å². The average Bonchev–Trinajstić information content (AvgIpc) is 3.32. The minimum Gasteiger partial charge on any atom is -0.491 e. The highest BCUT2D eigenvalue weighted by atomic mass is 35.5. The van der Waals surface area contributed by atoms with Gasteiger partial charge in [-0.3, -0.25) is 0 Å². The lowest BCUT2D eigenvalue weighted by atomic mass is 9.89. The maximum atomic E-state index is 14.5. The number of benzene rings is 7. The highest BCUT2D eigenvalue weighted by Gasteiger charge is 2.32. The number of ether oxygens (including phenoxy) is 4. The smallest absolute Gasteiger partial charge is 0.190 e. The molecule has 1 heterocycles. The first-order valence-corrected chi connectivity index (χ1v) is 21.1. The molecule has 62 heavy (non-hydrogen) atoms. The van der Waals surface area contributed by atoms with Crippen molar-refractivity contribution in [1.29, 1.82) is 0 Å². The Hall–Kier alpha value is -5.45. The van der Waals surface area contributed by atoms with Gasteiger partial charge in [0.15, 0.2) is 17.4 Å². The van der Waals surface area contributed by atoms with E-state index in [0.29, 0.717) is 36.8 Å². The van der Waals surface area contributed by atoms with Crippen LogP contribution in [0.3, 0.4) is 0 Å². The van der Waals surface area contributed by atoms with Gasteiger partial charge in [0.05, 0.1) is 56.9 Å². The quantitative estimate of drug-likeness (QED) is 0.127. The molecule has 324 valence electrons. The lowest BCUT2D eigenvalue weighted by molar-refractivity contribution is -0.137. The Labute approximate surface area is 369 Å². The molecule has 1 aliphatic rings. The highest BCUT2D eigenvalue weighted by Crippen LogP contribution is 2.41. The summed E-state index contributed by atoms with van der Waals surface area (Å²) in [6.45, 7) is 3.83. The van der Waals surface area contributed by atoms with Gasteiger partial charge in [0.2, 0.25) is 0 Å². The zero-order chi connectivity index (χ0) is 43.9.